The molecule has 0 saturated carbocycles. The van der Waals surface area contributed by atoms with Crippen LogP contribution in [0.5, 0.6) is 0 Å². The summed E-state index contributed by atoms with van der Waals surface area (Å²) in [6.45, 7) is 2.56. The minimum Gasteiger partial charge on any atom is -0.462 e. The van der Waals surface area contributed by atoms with Crippen molar-refractivity contribution in [2.45, 2.75) is 13.0 Å². The number of carbonyl (C=O) groups is 2. The third-order valence-corrected chi connectivity index (χ3v) is 5.72. The smallest absolute Gasteiger partial charge is 0.338 e. The molecule has 1 heterocycles. The highest BCUT2D eigenvalue weighted by molar-refractivity contribution is 5.99. The average molecular weight is 419 g/mol. The van der Waals surface area contributed by atoms with E-state index in [1.807, 2.05) is 48.5 Å². The normalized spacial score (nSPS) is 18.4. The molecule has 1 saturated heterocycles. The van der Waals surface area contributed by atoms with Gasteiger partial charge in [-0.05, 0) is 59.2 Å². The van der Waals surface area contributed by atoms with Crippen molar-refractivity contribution < 1.29 is 24.5 Å². The molecule has 0 aromatic heterocycles. The van der Waals surface area contributed by atoms with E-state index in [1.165, 1.54) is 0 Å². The standard InChI is InChI=1S/C25H25NO5/c1-2-31-25(30)21-5-3-4-16(12-21)17-6-7-19-11-20(9-8-18(19)10-17)24(29)26-13-22(15-27)23(28)14-26/h3-12,22-23,27-28H,2,13-15H2,1H3/t22-,23+/m1/s1. The van der Waals surface area contributed by atoms with E-state index >= 15 is 0 Å². The Labute approximate surface area is 180 Å². The first-order chi connectivity index (χ1) is 15.0. The Morgan fingerprint density at radius 2 is 1.71 bits per heavy atom. The van der Waals surface area contributed by atoms with Gasteiger partial charge < -0.3 is 19.8 Å². The molecule has 6 nitrogen and oxygen atoms in total. The van der Waals surface area contributed by atoms with Crippen LogP contribution in [0.25, 0.3) is 21.9 Å². The van der Waals surface area contributed by atoms with Crippen LogP contribution in [-0.2, 0) is 4.74 Å². The summed E-state index contributed by atoms with van der Waals surface area (Å²) < 4.78 is 5.08. The molecule has 4 rings (SSSR count). The number of fused-ring (bicyclic) bond motifs is 1. The van der Waals surface area contributed by atoms with E-state index in [0.29, 0.717) is 24.3 Å². The fourth-order valence-corrected chi connectivity index (χ4v) is 3.98. The predicted molar refractivity (Wildman–Crippen MR) is 118 cm³/mol. The van der Waals surface area contributed by atoms with Crippen molar-refractivity contribution in [1.29, 1.82) is 0 Å². The van der Waals surface area contributed by atoms with Gasteiger partial charge in [-0.1, -0.05) is 30.3 Å². The second kappa shape index (κ2) is 8.88. The molecule has 160 valence electrons. The predicted octanol–water partition coefficient (Wildman–Crippen LogP) is 3.11. The maximum absolute atomic E-state index is 12.8. The molecule has 0 spiro atoms. The zero-order valence-corrected chi connectivity index (χ0v) is 17.3. The molecule has 6 heteroatoms. The van der Waals surface area contributed by atoms with Crippen molar-refractivity contribution in [3.05, 3.63) is 71.8 Å². The maximum Gasteiger partial charge on any atom is 0.338 e. The van der Waals surface area contributed by atoms with Gasteiger partial charge in [0.1, 0.15) is 0 Å². The molecule has 1 amide bonds. The first-order valence-corrected chi connectivity index (χ1v) is 10.4. The van der Waals surface area contributed by atoms with E-state index in [2.05, 4.69) is 0 Å². The zero-order chi connectivity index (χ0) is 22.0. The van der Waals surface area contributed by atoms with Gasteiger partial charge in [-0.25, -0.2) is 4.79 Å². The highest BCUT2D eigenvalue weighted by Gasteiger charge is 2.33. The van der Waals surface area contributed by atoms with Crippen LogP contribution in [0.1, 0.15) is 27.6 Å². The Morgan fingerprint density at radius 1 is 0.968 bits per heavy atom. The van der Waals surface area contributed by atoms with Crippen LogP contribution >= 0.6 is 0 Å². The monoisotopic (exact) mass is 419 g/mol. The summed E-state index contributed by atoms with van der Waals surface area (Å²) in [7, 11) is 0. The molecule has 2 N–H and O–H groups in total. The van der Waals surface area contributed by atoms with Crippen LogP contribution in [0.4, 0.5) is 0 Å². The van der Waals surface area contributed by atoms with Crippen LogP contribution in [0.3, 0.4) is 0 Å². The van der Waals surface area contributed by atoms with Gasteiger partial charge in [0, 0.05) is 24.6 Å². The number of hydrogen-bond acceptors (Lipinski definition) is 5. The Balaban J connectivity index is 1.59. The number of carbonyl (C=O) groups excluding carboxylic acids is 2. The Bertz CT molecular complexity index is 1130. The number of esters is 1. The summed E-state index contributed by atoms with van der Waals surface area (Å²) >= 11 is 0. The lowest BCUT2D eigenvalue weighted by Crippen LogP contribution is -2.29. The van der Waals surface area contributed by atoms with Crippen LogP contribution < -0.4 is 0 Å². The first kappa shape index (κ1) is 21.0. The lowest BCUT2D eigenvalue weighted by molar-refractivity contribution is 0.0526. The van der Waals surface area contributed by atoms with Crippen molar-refractivity contribution in [3.63, 3.8) is 0 Å². The maximum atomic E-state index is 12.8. The van der Waals surface area contributed by atoms with Gasteiger partial charge in [0.15, 0.2) is 0 Å². The van der Waals surface area contributed by atoms with Crippen LogP contribution in [-0.4, -0.2) is 59.4 Å². The lowest BCUT2D eigenvalue weighted by Gasteiger charge is -2.16. The molecule has 0 bridgehead atoms. The second-order valence-corrected chi connectivity index (χ2v) is 7.80. The van der Waals surface area contributed by atoms with E-state index in [-0.39, 0.29) is 30.9 Å². The van der Waals surface area contributed by atoms with Gasteiger partial charge in [-0.2, -0.15) is 0 Å². The minimum atomic E-state index is -0.692. The van der Waals surface area contributed by atoms with E-state index in [9.17, 15) is 19.8 Å². The van der Waals surface area contributed by atoms with Crippen molar-refractivity contribution in [2.75, 3.05) is 26.3 Å². The van der Waals surface area contributed by atoms with E-state index in [1.54, 1.807) is 24.0 Å². The number of ether oxygens (including phenoxy) is 1. The molecule has 1 fully saturated rings. The molecular formula is C25H25NO5. The van der Waals surface area contributed by atoms with Crippen LogP contribution in [0.2, 0.25) is 0 Å². The summed E-state index contributed by atoms with van der Waals surface area (Å²) in [5.74, 6) is -0.788. The van der Waals surface area contributed by atoms with E-state index < -0.39 is 6.10 Å². The topological polar surface area (TPSA) is 87.1 Å². The number of amides is 1. The summed E-state index contributed by atoms with van der Waals surface area (Å²) in [5.41, 5.74) is 2.93. The van der Waals surface area contributed by atoms with E-state index in [0.717, 1.165) is 21.9 Å². The molecule has 0 aliphatic carbocycles. The molecule has 1 aliphatic heterocycles. The van der Waals surface area contributed by atoms with Crippen molar-refractivity contribution in [1.82, 2.24) is 4.90 Å². The number of likely N-dealkylation sites (tertiary alicyclic amines) is 1. The number of nitrogens with zero attached hydrogens (tertiary/aromatic N) is 1. The molecule has 1 aliphatic rings. The molecule has 3 aromatic carbocycles. The van der Waals surface area contributed by atoms with E-state index in [4.69, 9.17) is 4.74 Å². The Kier molecular flexibility index (Phi) is 6.02. The third-order valence-electron chi connectivity index (χ3n) is 5.72. The van der Waals surface area contributed by atoms with Gasteiger partial charge in [0.25, 0.3) is 5.91 Å². The molecule has 0 radical (unpaired) electrons. The van der Waals surface area contributed by atoms with Gasteiger partial charge in [0.05, 0.1) is 24.9 Å². The second-order valence-electron chi connectivity index (χ2n) is 7.80. The molecule has 31 heavy (non-hydrogen) atoms. The highest BCUT2D eigenvalue weighted by Crippen LogP contribution is 2.27. The number of β-amino-alcohol motifs (C(OH)–C–C–N with tert-alkyl or cyclic N) is 1. The highest BCUT2D eigenvalue weighted by atomic mass is 16.5. The third kappa shape index (κ3) is 4.31. The number of benzene rings is 3. The Morgan fingerprint density at radius 3 is 2.45 bits per heavy atom. The SMILES string of the molecule is CCOC(=O)c1cccc(-c2ccc3cc(C(=O)N4C[C@H](CO)[C@@H](O)C4)ccc3c2)c1. The van der Waals surface area contributed by atoms with Gasteiger partial charge in [-0.15, -0.1) is 0 Å². The molecular weight excluding hydrogens is 394 g/mol. The Hall–Kier alpha value is -3.22. The summed E-state index contributed by atoms with van der Waals surface area (Å²) in [4.78, 5) is 26.4. The molecule has 2 atom stereocenters. The van der Waals surface area contributed by atoms with Gasteiger partial charge in [-0.3, -0.25) is 4.79 Å². The van der Waals surface area contributed by atoms with Crippen LogP contribution in [0, 0.1) is 5.92 Å². The largest absolute Gasteiger partial charge is 0.462 e. The van der Waals surface area contributed by atoms with Crippen LogP contribution in [0.15, 0.2) is 60.7 Å². The number of hydrogen-bond donors (Lipinski definition) is 2. The lowest BCUT2D eigenvalue weighted by atomic mass is 9.98. The van der Waals surface area contributed by atoms with Gasteiger partial charge >= 0.3 is 5.97 Å². The molecule has 3 aromatic rings. The fourth-order valence-electron chi connectivity index (χ4n) is 3.98. The summed E-state index contributed by atoms with van der Waals surface area (Å²) in [5, 5.41) is 21.2. The quantitative estimate of drug-likeness (QED) is 0.621. The minimum absolute atomic E-state index is 0.136. The summed E-state index contributed by atoms with van der Waals surface area (Å²) in [6, 6.07) is 18.8. The van der Waals surface area contributed by atoms with Crippen molar-refractivity contribution in [3.8, 4) is 11.1 Å². The number of rotatable bonds is 5. The summed E-state index contributed by atoms with van der Waals surface area (Å²) in [6.07, 6.45) is -0.692. The number of aliphatic hydroxyl groups excluding tert-OH is 2. The van der Waals surface area contributed by atoms with Gasteiger partial charge in [0.2, 0.25) is 0 Å². The zero-order valence-electron chi connectivity index (χ0n) is 17.3. The van der Waals surface area contributed by atoms with Crippen molar-refractivity contribution >= 4 is 22.6 Å². The molecule has 0 unspecified atom stereocenters. The fraction of sp³-hybridized carbons (Fsp3) is 0.280. The van der Waals surface area contributed by atoms with Crippen molar-refractivity contribution in [2.24, 2.45) is 5.92 Å². The first-order valence-electron chi connectivity index (χ1n) is 10.4. The number of aliphatic hydroxyl groups is 2. The average Bonchev–Trinajstić information content (AvgIpc) is 3.18.